The van der Waals surface area contributed by atoms with Crippen LogP contribution in [0.1, 0.15) is 39.8 Å². The third-order valence-electron chi connectivity index (χ3n) is 3.34. The van der Waals surface area contributed by atoms with Crippen molar-refractivity contribution in [3.8, 4) is 0 Å². The highest BCUT2D eigenvalue weighted by molar-refractivity contribution is 5.76. The quantitative estimate of drug-likeness (QED) is 0.751. The summed E-state index contributed by atoms with van der Waals surface area (Å²) in [6, 6.07) is 0. The maximum atomic E-state index is 12.0. The molecule has 1 aromatic rings. The predicted molar refractivity (Wildman–Crippen MR) is 81.3 cm³/mol. The van der Waals surface area contributed by atoms with Gasteiger partial charge in [-0.3, -0.25) is 4.79 Å². The Balaban J connectivity index is 2.44. The lowest BCUT2D eigenvalue weighted by Gasteiger charge is -2.19. The maximum Gasteiger partial charge on any atom is 0.224 e. The van der Waals surface area contributed by atoms with Gasteiger partial charge in [-0.15, -0.1) is 0 Å². The Morgan fingerprint density at radius 3 is 2.70 bits per heavy atom. The number of hydrogen-bond donors (Lipinski definition) is 1. The minimum absolute atomic E-state index is 0.213. The van der Waals surface area contributed by atoms with Crippen LogP contribution in [0.3, 0.4) is 0 Å². The number of carbonyl (C=O) groups is 1. The second kappa shape index (κ2) is 8.74. The third kappa shape index (κ3) is 5.33. The van der Waals surface area contributed by atoms with Crippen molar-refractivity contribution < 1.29 is 4.79 Å². The molecule has 114 valence electrons. The minimum atomic E-state index is 0.213. The van der Waals surface area contributed by atoms with E-state index in [2.05, 4.69) is 28.7 Å². The largest absolute Gasteiger partial charge is 0.343 e. The van der Waals surface area contributed by atoms with Crippen molar-refractivity contribution in [1.29, 1.82) is 0 Å². The van der Waals surface area contributed by atoms with Crippen molar-refractivity contribution in [3.63, 3.8) is 0 Å². The Bertz CT molecular complexity index is 396. The van der Waals surface area contributed by atoms with E-state index in [-0.39, 0.29) is 5.91 Å². The van der Waals surface area contributed by atoms with Crippen LogP contribution in [-0.4, -0.2) is 40.0 Å². The molecule has 5 heteroatoms. The van der Waals surface area contributed by atoms with Crippen LogP contribution in [-0.2, 0) is 17.9 Å². The zero-order chi connectivity index (χ0) is 15.0. The fourth-order valence-electron chi connectivity index (χ4n) is 2.14. The molecule has 0 bridgehead atoms. The smallest absolute Gasteiger partial charge is 0.224 e. The van der Waals surface area contributed by atoms with Crippen LogP contribution in [0, 0.1) is 5.92 Å². The Labute approximate surface area is 122 Å². The van der Waals surface area contributed by atoms with Gasteiger partial charge in [0.1, 0.15) is 0 Å². The average Bonchev–Trinajstić information content (AvgIpc) is 2.85. The molecule has 1 amide bonds. The highest BCUT2D eigenvalue weighted by Crippen LogP contribution is 2.03. The van der Waals surface area contributed by atoms with E-state index in [9.17, 15) is 4.79 Å². The molecule has 0 aliphatic rings. The third-order valence-corrected chi connectivity index (χ3v) is 3.34. The molecule has 0 fully saturated rings. The van der Waals surface area contributed by atoms with Crippen molar-refractivity contribution in [2.75, 3.05) is 19.6 Å². The lowest BCUT2D eigenvalue weighted by molar-refractivity contribution is -0.131. The van der Waals surface area contributed by atoms with Gasteiger partial charge in [0.2, 0.25) is 5.91 Å². The number of amides is 1. The Morgan fingerprint density at radius 1 is 1.40 bits per heavy atom. The normalized spacial score (nSPS) is 11.1. The summed E-state index contributed by atoms with van der Waals surface area (Å²) >= 11 is 0. The lowest BCUT2D eigenvalue weighted by Crippen LogP contribution is -2.31. The highest BCUT2D eigenvalue weighted by atomic mass is 16.2. The van der Waals surface area contributed by atoms with E-state index in [1.165, 1.54) is 0 Å². The van der Waals surface area contributed by atoms with E-state index in [4.69, 9.17) is 0 Å². The maximum absolute atomic E-state index is 12.0. The minimum Gasteiger partial charge on any atom is -0.343 e. The molecular formula is C15H28N4O. The number of carbonyl (C=O) groups excluding carboxylic acids is 1. The molecular weight excluding hydrogens is 252 g/mol. The second-order valence-electron chi connectivity index (χ2n) is 5.42. The summed E-state index contributed by atoms with van der Waals surface area (Å²) in [6.45, 7) is 12.5. The first-order valence-electron chi connectivity index (χ1n) is 7.55. The van der Waals surface area contributed by atoms with Gasteiger partial charge in [-0.05, 0) is 26.3 Å². The van der Waals surface area contributed by atoms with E-state index in [1.54, 1.807) is 0 Å². The number of nitrogens with one attached hydrogen (secondary N) is 1. The molecule has 0 atom stereocenters. The summed E-state index contributed by atoms with van der Waals surface area (Å²) in [5, 5.41) is 3.40. The standard InChI is InChI=1S/C15H28N4O/c1-5-18(6-2)15(20)7-8-19-12-17-11-14(19)10-16-9-13(3)4/h11-13,16H,5-10H2,1-4H3. The summed E-state index contributed by atoms with van der Waals surface area (Å²) in [4.78, 5) is 18.0. The van der Waals surface area contributed by atoms with E-state index in [1.807, 2.05) is 31.3 Å². The SMILES string of the molecule is CCN(CC)C(=O)CCn1cncc1CNCC(C)C. The van der Waals surface area contributed by atoms with Gasteiger partial charge in [0.15, 0.2) is 0 Å². The molecule has 0 saturated carbocycles. The molecule has 0 radical (unpaired) electrons. The van der Waals surface area contributed by atoms with E-state index in [0.717, 1.165) is 31.9 Å². The summed E-state index contributed by atoms with van der Waals surface area (Å²) in [5.74, 6) is 0.848. The molecule has 1 rings (SSSR count). The number of aromatic nitrogens is 2. The molecule has 1 aromatic heterocycles. The fourth-order valence-corrected chi connectivity index (χ4v) is 2.14. The number of imidazole rings is 1. The highest BCUT2D eigenvalue weighted by Gasteiger charge is 2.10. The monoisotopic (exact) mass is 280 g/mol. The molecule has 0 unspecified atom stereocenters. The van der Waals surface area contributed by atoms with Crippen molar-refractivity contribution in [3.05, 3.63) is 18.2 Å². The first-order chi connectivity index (χ1) is 9.58. The van der Waals surface area contributed by atoms with Crippen LogP contribution < -0.4 is 5.32 Å². The van der Waals surface area contributed by atoms with Crippen molar-refractivity contribution >= 4 is 5.91 Å². The van der Waals surface area contributed by atoms with Crippen LogP contribution in [0.5, 0.6) is 0 Å². The number of nitrogens with zero attached hydrogens (tertiary/aromatic N) is 3. The molecule has 0 aliphatic carbocycles. The van der Waals surface area contributed by atoms with Crippen LogP contribution >= 0.6 is 0 Å². The molecule has 0 saturated heterocycles. The van der Waals surface area contributed by atoms with Gasteiger partial charge >= 0.3 is 0 Å². The lowest BCUT2D eigenvalue weighted by atomic mass is 10.2. The van der Waals surface area contributed by atoms with E-state index in [0.29, 0.717) is 18.9 Å². The van der Waals surface area contributed by atoms with Gasteiger partial charge in [-0.25, -0.2) is 4.98 Å². The summed E-state index contributed by atoms with van der Waals surface area (Å²) in [7, 11) is 0. The molecule has 20 heavy (non-hydrogen) atoms. The number of hydrogen-bond acceptors (Lipinski definition) is 3. The number of rotatable bonds is 9. The molecule has 5 nitrogen and oxygen atoms in total. The van der Waals surface area contributed by atoms with Gasteiger partial charge in [0.05, 0.1) is 12.0 Å². The van der Waals surface area contributed by atoms with Gasteiger partial charge in [0, 0.05) is 38.8 Å². The van der Waals surface area contributed by atoms with Crippen molar-refractivity contribution in [2.24, 2.45) is 5.92 Å². The van der Waals surface area contributed by atoms with Crippen molar-refractivity contribution in [2.45, 2.75) is 47.2 Å². The Hall–Kier alpha value is -1.36. The molecule has 1 heterocycles. The summed E-state index contributed by atoms with van der Waals surface area (Å²) in [6.07, 6.45) is 4.21. The predicted octanol–water partition coefficient (Wildman–Crippen LogP) is 1.89. The van der Waals surface area contributed by atoms with Gasteiger partial charge in [-0.2, -0.15) is 0 Å². The average molecular weight is 280 g/mol. The topological polar surface area (TPSA) is 50.2 Å². The number of aryl methyl sites for hydroxylation is 1. The first-order valence-corrected chi connectivity index (χ1v) is 7.55. The van der Waals surface area contributed by atoms with Crippen LogP contribution in [0.15, 0.2) is 12.5 Å². The zero-order valence-electron chi connectivity index (χ0n) is 13.2. The van der Waals surface area contributed by atoms with E-state index >= 15 is 0 Å². The summed E-state index contributed by atoms with van der Waals surface area (Å²) < 4.78 is 2.06. The van der Waals surface area contributed by atoms with Crippen LogP contribution in [0.2, 0.25) is 0 Å². The second-order valence-corrected chi connectivity index (χ2v) is 5.42. The molecule has 1 N–H and O–H groups in total. The Kier molecular flexibility index (Phi) is 7.30. The zero-order valence-corrected chi connectivity index (χ0v) is 13.2. The van der Waals surface area contributed by atoms with E-state index < -0.39 is 0 Å². The first kappa shape index (κ1) is 16.7. The molecule has 0 spiro atoms. The van der Waals surface area contributed by atoms with Gasteiger partial charge < -0.3 is 14.8 Å². The van der Waals surface area contributed by atoms with Crippen LogP contribution in [0.4, 0.5) is 0 Å². The van der Waals surface area contributed by atoms with Crippen molar-refractivity contribution in [1.82, 2.24) is 19.8 Å². The fraction of sp³-hybridized carbons (Fsp3) is 0.733. The van der Waals surface area contributed by atoms with Gasteiger partial charge in [0.25, 0.3) is 0 Å². The molecule has 0 aromatic carbocycles. The van der Waals surface area contributed by atoms with Crippen LogP contribution in [0.25, 0.3) is 0 Å². The molecule has 0 aliphatic heterocycles. The summed E-state index contributed by atoms with van der Waals surface area (Å²) in [5.41, 5.74) is 1.14. The van der Waals surface area contributed by atoms with Gasteiger partial charge in [-0.1, -0.05) is 13.8 Å². The Morgan fingerprint density at radius 2 is 2.10 bits per heavy atom.